The van der Waals surface area contributed by atoms with Crippen molar-refractivity contribution >= 4 is 39.3 Å². The minimum Gasteiger partial charge on any atom is -0.361 e. The van der Waals surface area contributed by atoms with E-state index in [4.69, 9.17) is 0 Å². The molecule has 6 rings (SSSR count). The van der Waals surface area contributed by atoms with Gasteiger partial charge in [0.15, 0.2) is 0 Å². The van der Waals surface area contributed by atoms with Crippen LogP contribution in [-0.4, -0.2) is 36.1 Å². The van der Waals surface area contributed by atoms with E-state index < -0.39 is 0 Å². The van der Waals surface area contributed by atoms with E-state index in [1.54, 1.807) is 6.07 Å². The van der Waals surface area contributed by atoms with Crippen LogP contribution in [0.4, 0.5) is 10.1 Å². The van der Waals surface area contributed by atoms with Gasteiger partial charge in [0.05, 0.1) is 5.69 Å². The zero-order valence-corrected chi connectivity index (χ0v) is 19.0. The van der Waals surface area contributed by atoms with Gasteiger partial charge in [0.25, 0.3) is 0 Å². The molecule has 0 radical (unpaired) electrons. The molecule has 0 spiro atoms. The van der Waals surface area contributed by atoms with Crippen LogP contribution in [0.5, 0.6) is 0 Å². The molecule has 0 amide bonds. The topological polar surface area (TPSA) is 22.3 Å². The molecule has 2 aliphatic rings. The largest absolute Gasteiger partial charge is 0.361 e. The van der Waals surface area contributed by atoms with Crippen molar-refractivity contribution in [1.82, 2.24) is 9.88 Å². The number of fused-ring (bicyclic) bond motifs is 1. The minimum atomic E-state index is -0.151. The predicted molar refractivity (Wildman–Crippen MR) is 133 cm³/mol. The number of benzene rings is 3. The molecule has 1 N–H and O–H groups in total. The molecule has 1 saturated heterocycles. The summed E-state index contributed by atoms with van der Waals surface area (Å²) in [5.74, 6) is 0.617. The summed E-state index contributed by atoms with van der Waals surface area (Å²) >= 11 is 1.89. The lowest BCUT2D eigenvalue weighted by atomic mass is 9.90. The van der Waals surface area contributed by atoms with E-state index in [0.29, 0.717) is 0 Å². The number of rotatable bonds is 6. The van der Waals surface area contributed by atoms with E-state index in [1.807, 2.05) is 18.0 Å². The molecule has 0 saturated carbocycles. The Bertz CT molecular complexity index is 1250. The van der Waals surface area contributed by atoms with Crippen LogP contribution in [0.25, 0.3) is 21.7 Å². The van der Waals surface area contributed by atoms with E-state index in [9.17, 15) is 4.39 Å². The molecule has 4 aromatic rings. The monoisotopic (exact) mass is 445 g/mol. The van der Waals surface area contributed by atoms with Gasteiger partial charge in [-0.15, -0.1) is 0 Å². The van der Waals surface area contributed by atoms with Gasteiger partial charge in [0, 0.05) is 40.5 Å². The van der Waals surface area contributed by atoms with Crippen LogP contribution in [0.3, 0.4) is 0 Å². The summed E-state index contributed by atoms with van der Waals surface area (Å²) in [6.45, 7) is 4.54. The number of nitrogens with one attached hydrogen (secondary N) is 1. The zero-order chi connectivity index (χ0) is 21.5. The summed E-state index contributed by atoms with van der Waals surface area (Å²) in [4.78, 5) is 7.30. The first-order valence-electron chi connectivity index (χ1n) is 11.7. The van der Waals surface area contributed by atoms with E-state index in [-0.39, 0.29) is 5.82 Å². The number of halogens is 1. The summed E-state index contributed by atoms with van der Waals surface area (Å²) in [5, 5.41) is 3.80. The van der Waals surface area contributed by atoms with E-state index in [1.165, 1.54) is 65.3 Å². The number of hydrogen-bond acceptors (Lipinski definition) is 3. The molecule has 2 aliphatic heterocycles. The number of aryl methyl sites for hydroxylation is 1. The highest BCUT2D eigenvalue weighted by Crippen LogP contribution is 2.45. The summed E-state index contributed by atoms with van der Waals surface area (Å²) in [6.07, 6.45) is 6.81. The van der Waals surface area contributed by atoms with Crippen molar-refractivity contribution in [3.8, 4) is 0 Å². The fourth-order valence-electron chi connectivity index (χ4n) is 5.35. The van der Waals surface area contributed by atoms with Crippen LogP contribution in [0.15, 0.2) is 65.7 Å². The first-order chi connectivity index (χ1) is 15.7. The van der Waals surface area contributed by atoms with Crippen molar-refractivity contribution in [3.05, 3.63) is 72.2 Å². The Balaban J connectivity index is 1.01. The molecule has 3 heterocycles. The molecule has 3 nitrogen and oxygen atoms in total. The molecule has 32 heavy (non-hydrogen) atoms. The number of aromatic amines is 1. The number of piperidine rings is 1. The smallest absolute Gasteiger partial charge is 0.123 e. The second-order valence-electron chi connectivity index (χ2n) is 9.15. The number of anilines is 1. The Labute approximate surface area is 192 Å². The number of likely N-dealkylation sites (tertiary alicyclic amines) is 1. The number of H-pyrrole nitrogens is 1. The highest BCUT2D eigenvalue weighted by molar-refractivity contribution is 8.01. The summed E-state index contributed by atoms with van der Waals surface area (Å²) < 4.78 is 16.1. The fraction of sp³-hybridized carbons (Fsp3) is 0.333. The lowest BCUT2D eigenvalue weighted by molar-refractivity contribution is 0.184. The maximum atomic E-state index is 13.6. The summed E-state index contributed by atoms with van der Waals surface area (Å²) in [6, 6.07) is 18.3. The Morgan fingerprint density at radius 2 is 1.84 bits per heavy atom. The standard InChI is InChI=1S/C27H28FN3S/c28-22-9-10-24-23(17-22)21(18-29-24)8-7-19-11-13-30(14-12-19)15-16-31-25-5-1-3-20-4-2-6-26(32-31)27(20)25/h1-6,9-10,17-19,29H,7-8,11-16H2. The molecule has 0 unspecified atom stereocenters. The van der Waals surface area contributed by atoms with E-state index in [0.717, 1.165) is 36.3 Å². The van der Waals surface area contributed by atoms with Gasteiger partial charge >= 0.3 is 0 Å². The summed E-state index contributed by atoms with van der Waals surface area (Å²) in [7, 11) is 0. The average Bonchev–Trinajstić information content (AvgIpc) is 3.39. The van der Waals surface area contributed by atoms with Crippen LogP contribution in [0.1, 0.15) is 24.8 Å². The van der Waals surface area contributed by atoms with Crippen LogP contribution in [0, 0.1) is 11.7 Å². The molecule has 1 fully saturated rings. The van der Waals surface area contributed by atoms with Crippen molar-refractivity contribution < 1.29 is 4.39 Å². The maximum Gasteiger partial charge on any atom is 0.123 e. The third-order valence-corrected chi connectivity index (χ3v) is 8.34. The van der Waals surface area contributed by atoms with Crippen molar-refractivity contribution in [2.75, 3.05) is 30.5 Å². The molecule has 0 bridgehead atoms. The van der Waals surface area contributed by atoms with Crippen LogP contribution in [-0.2, 0) is 6.42 Å². The first-order valence-corrected chi connectivity index (χ1v) is 12.5. The van der Waals surface area contributed by atoms with Crippen LogP contribution < -0.4 is 4.31 Å². The Hall–Kier alpha value is -2.50. The quantitative estimate of drug-likeness (QED) is 0.337. The van der Waals surface area contributed by atoms with Gasteiger partial charge in [0.2, 0.25) is 0 Å². The Morgan fingerprint density at radius 1 is 1.00 bits per heavy atom. The maximum absolute atomic E-state index is 13.6. The van der Waals surface area contributed by atoms with Gasteiger partial charge in [-0.05, 0) is 97.9 Å². The van der Waals surface area contributed by atoms with Crippen molar-refractivity contribution in [2.45, 2.75) is 30.6 Å². The lowest BCUT2D eigenvalue weighted by Gasteiger charge is -2.33. The molecule has 3 aromatic carbocycles. The summed E-state index contributed by atoms with van der Waals surface area (Å²) in [5.41, 5.74) is 3.66. The third-order valence-electron chi connectivity index (χ3n) is 7.20. The molecule has 5 heteroatoms. The van der Waals surface area contributed by atoms with Gasteiger partial charge in [-0.25, -0.2) is 4.39 Å². The minimum absolute atomic E-state index is 0.151. The molecular weight excluding hydrogens is 417 g/mol. The highest BCUT2D eigenvalue weighted by Gasteiger charge is 2.24. The lowest BCUT2D eigenvalue weighted by Crippen LogP contribution is -2.38. The van der Waals surface area contributed by atoms with Crippen molar-refractivity contribution in [2.24, 2.45) is 5.92 Å². The van der Waals surface area contributed by atoms with Crippen molar-refractivity contribution in [3.63, 3.8) is 0 Å². The predicted octanol–water partition coefficient (Wildman–Crippen LogP) is 6.63. The first kappa shape index (κ1) is 20.1. The molecule has 1 aromatic heterocycles. The van der Waals surface area contributed by atoms with Gasteiger partial charge in [-0.3, -0.25) is 0 Å². The molecule has 0 aliphatic carbocycles. The number of hydrogen-bond donors (Lipinski definition) is 1. The van der Waals surface area contributed by atoms with E-state index >= 15 is 0 Å². The normalized spacial score (nSPS) is 17.1. The molecular formula is C27H28FN3S. The van der Waals surface area contributed by atoms with Gasteiger partial charge in [-0.1, -0.05) is 24.3 Å². The number of nitrogens with zero attached hydrogens (tertiary/aromatic N) is 2. The zero-order valence-electron chi connectivity index (χ0n) is 18.2. The fourth-order valence-corrected chi connectivity index (χ4v) is 6.47. The SMILES string of the molecule is Fc1ccc2[nH]cc(CCC3CCN(CCN4Sc5cccc6cccc4c56)CC3)c2c1. The van der Waals surface area contributed by atoms with Crippen LogP contribution >= 0.6 is 11.9 Å². The molecule has 164 valence electrons. The second-order valence-corrected chi connectivity index (χ2v) is 10.2. The second kappa shape index (κ2) is 8.45. The molecule has 0 atom stereocenters. The van der Waals surface area contributed by atoms with Crippen molar-refractivity contribution in [1.29, 1.82) is 0 Å². The Kier molecular flexibility index (Phi) is 5.32. The average molecular weight is 446 g/mol. The van der Waals surface area contributed by atoms with Gasteiger partial charge < -0.3 is 14.2 Å². The van der Waals surface area contributed by atoms with Gasteiger partial charge in [-0.2, -0.15) is 0 Å². The van der Waals surface area contributed by atoms with Crippen LogP contribution in [0.2, 0.25) is 0 Å². The third kappa shape index (κ3) is 3.78. The number of aromatic nitrogens is 1. The van der Waals surface area contributed by atoms with E-state index in [2.05, 4.69) is 56.8 Å². The van der Waals surface area contributed by atoms with Gasteiger partial charge in [0.1, 0.15) is 5.82 Å². The Morgan fingerprint density at radius 3 is 2.72 bits per heavy atom. The highest BCUT2D eigenvalue weighted by atomic mass is 32.2.